The van der Waals surface area contributed by atoms with Crippen LogP contribution in [-0.2, 0) is 6.54 Å². The molecule has 0 unspecified atom stereocenters. The summed E-state index contributed by atoms with van der Waals surface area (Å²) in [6, 6.07) is 19.4. The summed E-state index contributed by atoms with van der Waals surface area (Å²) < 4.78 is 0. The van der Waals surface area contributed by atoms with Crippen LogP contribution in [0.5, 0.6) is 0 Å². The quantitative estimate of drug-likeness (QED) is 0.590. The van der Waals surface area contributed by atoms with Gasteiger partial charge in [-0.05, 0) is 22.4 Å². The van der Waals surface area contributed by atoms with Gasteiger partial charge in [0, 0.05) is 24.2 Å². The zero-order valence-corrected chi connectivity index (χ0v) is 12.2. The number of amides is 1. The molecule has 0 radical (unpaired) electrons. The van der Waals surface area contributed by atoms with Crippen molar-refractivity contribution in [2.45, 2.75) is 6.54 Å². The maximum atomic E-state index is 12.4. The third kappa shape index (κ3) is 3.18. The number of benzene rings is 3. The minimum absolute atomic E-state index is 0.0362. The molecule has 0 heterocycles. The highest BCUT2D eigenvalue weighted by atomic mass is 16.6. The summed E-state index contributed by atoms with van der Waals surface area (Å²) in [7, 11) is 0. The summed E-state index contributed by atoms with van der Waals surface area (Å²) in [4.78, 5) is 22.6. The summed E-state index contributed by atoms with van der Waals surface area (Å²) in [5.41, 5.74) is 1.46. The van der Waals surface area contributed by atoms with Crippen molar-refractivity contribution in [2.24, 2.45) is 0 Å². The normalized spacial score (nSPS) is 10.4. The Labute approximate surface area is 132 Å². The fourth-order valence-electron chi connectivity index (χ4n) is 2.44. The van der Waals surface area contributed by atoms with Crippen molar-refractivity contribution >= 4 is 22.4 Å². The third-order valence-corrected chi connectivity index (χ3v) is 3.63. The molecule has 114 valence electrons. The molecule has 3 aromatic rings. The Hall–Kier alpha value is -3.21. The van der Waals surface area contributed by atoms with Crippen LogP contribution >= 0.6 is 0 Å². The van der Waals surface area contributed by atoms with Gasteiger partial charge in [-0.25, -0.2) is 0 Å². The Morgan fingerprint density at radius 1 is 0.957 bits per heavy atom. The van der Waals surface area contributed by atoms with Gasteiger partial charge < -0.3 is 5.32 Å². The lowest BCUT2D eigenvalue weighted by molar-refractivity contribution is -0.384. The first-order valence-corrected chi connectivity index (χ1v) is 7.14. The molecule has 0 aliphatic carbocycles. The predicted octanol–water partition coefficient (Wildman–Crippen LogP) is 3.68. The number of fused-ring (bicyclic) bond motifs is 1. The van der Waals surface area contributed by atoms with Gasteiger partial charge in [-0.3, -0.25) is 14.9 Å². The molecule has 0 saturated carbocycles. The van der Waals surface area contributed by atoms with Gasteiger partial charge in [0.05, 0.1) is 4.92 Å². The van der Waals surface area contributed by atoms with E-state index in [0.29, 0.717) is 12.1 Å². The first kappa shape index (κ1) is 14.7. The molecule has 0 aliphatic heterocycles. The molecular formula is C18H14N2O3. The van der Waals surface area contributed by atoms with E-state index in [-0.39, 0.29) is 11.6 Å². The number of non-ortho nitro benzene ring substituents is 1. The number of rotatable bonds is 4. The van der Waals surface area contributed by atoms with Crippen LogP contribution in [0.3, 0.4) is 0 Å². The van der Waals surface area contributed by atoms with Crippen LogP contribution in [-0.4, -0.2) is 10.8 Å². The van der Waals surface area contributed by atoms with Crippen molar-refractivity contribution in [3.63, 3.8) is 0 Å². The summed E-state index contributed by atoms with van der Waals surface area (Å²) in [6.45, 7) is 0.319. The molecule has 5 nitrogen and oxygen atoms in total. The van der Waals surface area contributed by atoms with Gasteiger partial charge in [-0.2, -0.15) is 0 Å². The monoisotopic (exact) mass is 306 g/mol. The first-order chi connectivity index (χ1) is 11.1. The number of nitro groups is 1. The van der Waals surface area contributed by atoms with Crippen molar-refractivity contribution < 1.29 is 9.72 Å². The van der Waals surface area contributed by atoms with Crippen LogP contribution in [0.1, 0.15) is 15.9 Å². The molecule has 3 aromatic carbocycles. The second-order valence-electron chi connectivity index (χ2n) is 5.13. The molecule has 0 aliphatic rings. The van der Waals surface area contributed by atoms with Gasteiger partial charge in [0.2, 0.25) is 0 Å². The molecule has 3 rings (SSSR count). The zero-order valence-electron chi connectivity index (χ0n) is 12.2. The number of hydrogen-bond donors (Lipinski definition) is 1. The molecule has 0 spiro atoms. The second-order valence-corrected chi connectivity index (χ2v) is 5.13. The highest BCUT2D eigenvalue weighted by Gasteiger charge is 2.10. The van der Waals surface area contributed by atoms with E-state index in [9.17, 15) is 14.9 Å². The summed E-state index contributed by atoms with van der Waals surface area (Å²) in [5.74, 6) is -0.167. The average molecular weight is 306 g/mol. The standard InChI is InChI=1S/C18H14N2O3/c21-18(17-7-3-5-14-4-1-2-6-16(14)17)19-12-13-8-10-15(11-9-13)20(22)23/h1-11H,12H2,(H,19,21). The lowest BCUT2D eigenvalue weighted by Crippen LogP contribution is -2.22. The van der Waals surface area contributed by atoms with Gasteiger partial charge in [0.25, 0.3) is 11.6 Å². The van der Waals surface area contributed by atoms with Crippen LogP contribution in [0.15, 0.2) is 66.7 Å². The Morgan fingerprint density at radius 3 is 2.39 bits per heavy atom. The van der Waals surface area contributed by atoms with E-state index < -0.39 is 4.92 Å². The van der Waals surface area contributed by atoms with Crippen molar-refractivity contribution in [3.8, 4) is 0 Å². The molecule has 0 atom stereocenters. The summed E-state index contributed by atoms with van der Waals surface area (Å²) in [6.07, 6.45) is 0. The van der Waals surface area contributed by atoms with Gasteiger partial charge in [-0.1, -0.05) is 48.5 Å². The Bertz CT molecular complexity index is 868. The van der Waals surface area contributed by atoms with E-state index in [0.717, 1.165) is 16.3 Å². The molecule has 0 aromatic heterocycles. The van der Waals surface area contributed by atoms with E-state index in [1.165, 1.54) is 12.1 Å². The van der Waals surface area contributed by atoms with Crippen LogP contribution in [0, 0.1) is 10.1 Å². The number of hydrogen-bond acceptors (Lipinski definition) is 3. The molecular weight excluding hydrogens is 292 g/mol. The van der Waals surface area contributed by atoms with E-state index >= 15 is 0 Å². The molecule has 1 N–H and O–H groups in total. The van der Waals surface area contributed by atoms with E-state index in [1.54, 1.807) is 18.2 Å². The van der Waals surface area contributed by atoms with Gasteiger partial charge in [0.15, 0.2) is 0 Å². The lowest BCUT2D eigenvalue weighted by atomic mass is 10.0. The number of nitrogens with zero attached hydrogens (tertiary/aromatic N) is 1. The number of carbonyl (C=O) groups is 1. The van der Waals surface area contributed by atoms with Crippen LogP contribution in [0.2, 0.25) is 0 Å². The number of nitro benzene ring substituents is 1. The van der Waals surface area contributed by atoms with Crippen LogP contribution in [0.4, 0.5) is 5.69 Å². The summed E-state index contributed by atoms with van der Waals surface area (Å²) in [5, 5.41) is 15.4. The number of carbonyl (C=O) groups excluding carboxylic acids is 1. The number of nitrogens with one attached hydrogen (secondary N) is 1. The Morgan fingerprint density at radius 2 is 1.65 bits per heavy atom. The fourth-order valence-corrected chi connectivity index (χ4v) is 2.44. The highest BCUT2D eigenvalue weighted by molar-refractivity contribution is 6.06. The molecule has 23 heavy (non-hydrogen) atoms. The smallest absolute Gasteiger partial charge is 0.269 e. The minimum atomic E-state index is -0.446. The Kier molecular flexibility index (Phi) is 4.01. The van der Waals surface area contributed by atoms with E-state index in [2.05, 4.69) is 5.32 Å². The van der Waals surface area contributed by atoms with E-state index in [1.807, 2.05) is 36.4 Å². The van der Waals surface area contributed by atoms with Gasteiger partial charge in [0.1, 0.15) is 0 Å². The van der Waals surface area contributed by atoms with Gasteiger partial charge in [-0.15, -0.1) is 0 Å². The van der Waals surface area contributed by atoms with E-state index in [4.69, 9.17) is 0 Å². The molecule has 0 fully saturated rings. The second kappa shape index (κ2) is 6.27. The Balaban J connectivity index is 1.75. The fraction of sp³-hybridized carbons (Fsp3) is 0.0556. The van der Waals surface area contributed by atoms with Crippen LogP contribution < -0.4 is 5.32 Å². The molecule has 1 amide bonds. The molecule has 0 bridgehead atoms. The van der Waals surface area contributed by atoms with Crippen molar-refractivity contribution in [2.75, 3.05) is 0 Å². The SMILES string of the molecule is O=C(NCc1ccc([N+](=O)[O-])cc1)c1cccc2ccccc12. The maximum Gasteiger partial charge on any atom is 0.269 e. The third-order valence-electron chi connectivity index (χ3n) is 3.63. The highest BCUT2D eigenvalue weighted by Crippen LogP contribution is 2.18. The van der Waals surface area contributed by atoms with Crippen molar-refractivity contribution in [3.05, 3.63) is 88.0 Å². The van der Waals surface area contributed by atoms with Crippen molar-refractivity contribution in [1.29, 1.82) is 0 Å². The van der Waals surface area contributed by atoms with Gasteiger partial charge >= 0.3 is 0 Å². The van der Waals surface area contributed by atoms with Crippen molar-refractivity contribution in [1.82, 2.24) is 5.32 Å². The lowest BCUT2D eigenvalue weighted by Gasteiger charge is -2.08. The predicted molar refractivity (Wildman–Crippen MR) is 88.2 cm³/mol. The first-order valence-electron chi connectivity index (χ1n) is 7.14. The molecule has 5 heteroatoms. The van der Waals surface area contributed by atoms with Crippen LogP contribution in [0.25, 0.3) is 10.8 Å². The summed E-state index contributed by atoms with van der Waals surface area (Å²) >= 11 is 0. The maximum absolute atomic E-state index is 12.4. The minimum Gasteiger partial charge on any atom is -0.348 e. The topological polar surface area (TPSA) is 72.2 Å². The largest absolute Gasteiger partial charge is 0.348 e. The zero-order chi connectivity index (χ0) is 16.2. The average Bonchev–Trinajstić information content (AvgIpc) is 2.59. The molecule has 0 saturated heterocycles.